The van der Waals surface area contributed by atoms with Gasteiger partial charge in [-0.1, -0.05) is 23.7 Å². The highest BCUT2D eigenvalue weighted by molar-refractivity contribution is 7.80. The first-order valence-electron chi connectivity index (χ1n) is 8.14. The number of carbonyl (C=O) groups excluding carboxylic acids is 2. The maximum Gasteiger partial charge on any atom is 0.270 e. The van der Waals surface area contributed by atoms with Crippen molar-refractivity contribution in [2.75, 3.05) is 12.0 Å². The van der Waals surface area contributed by atoms with Crippen molar-refractivity contribution in [3.05, 3.63) is 63.7 Å². The van der Waals surface area contributed by atoms with E-state index in [1.807, 2.05) is 19.9 Å². The molecule has 2 amide bonds. The number of benzene rings is 2. The number of ether oxygens (including phenoxy) is 1. The summed E-state index contributed by atoms with van der Waals surface area (Å²) in [6, 6.07) is 10.6. The molecule has 27 heavy (non-hydrogen) atoms. The van der Waals surface area contributed by atoms with Crippen LogP contribution in [0, 0.1) is 13.8 Å². The summed E-state index contributed by atoms with van der Waals surface area (Å²) >= 11 is 11.4. The van der Waals surface area contributed by atoms with Crippen molar-refractivity contribution >= 4 is 52.5 Å². The Kier molecular flexibility index (Phi) is 5.30. The topological polar surface area (TPSA) is 58.6 Å². The Labute approximate surface area is 167 Å². The summed E-state index contributed by atoms with van der Waals surface area (Å²) in [6.07, 6.45) is 1.54. The number of halogens is 1. The normalized spacial score (nSPS) is 15.9. The van der Waals surface area contributed by atoms with Gasteiger partial charge in [-0.3, -0.25) is 19.8 Å². The molecule has 1 heterocycles. The van der Waals surface area contributed by atoms with Crippen LogP contribution in [0.2, 0.25) is 5.02 Å². The predicted molar refractivity (Wildman–Crippen MR) is 110 cm³/mol. The minimum Gasteiger partial charge on any atom is -0.496 e. The first kappa shape index (κ1) is 19.1. The highest BCUT2D eigenvalue weighted by Crippen LogP contribution is 2.27. The predicted octanol–water partition coefficient (Wildman–Crippen LogP) is 3.80. The van der Waals surface area contributed by atoms with Gasteiger partial charge in [-0.2, -0.15) is 0 Å². The standard InChI is InChI=1S/C20H17ClN2O3S/c1-11-4-6-14(10-16(11)21)23-19(25)15(18(24)22-20(23)27)9-13-5-7-17(26-3)12(2)8-13/h4-10H,1-3H3,(H,22,24,27)/b15-9+. The number of aryl methyl sites for hydroxylation is 2. The number of thiocarbonyl (C=S) groups is 1. The van der Waals surface area contributed by atoms with Crippen LogP contribution in [0.15, 0.2) is 42.0 Å². The summed E-state index contributed by atoms with van der Waals surface area (Å²) in [6.45, 7) is 3.75. The van der Waals surface area contributed by atoms with E-state index in [1.165, 1.54) is 11.0 Å². The molecule has 1 saturated heterocycles. The number of rotatable bonds is 3. The average molecular weight is 401 g/mol. The Hall–Kier alpha value is -2.70. The van der Waals surface area contributed by atoms with Crippen LogP contribution in [0.25, 0.3) is 6.08 Å². The molecular weight excluding hydrogens is 384 g/mol. The zero-order chi connectivity index (χ0) is 19.7. The SMILES string of the molecule is COc1ccc(/C=C2\C(=O)NC(=S)N(c3ccc(C)c(Cl)c3)C2=O)cc1C. The number of nitrogens with one attached hydrogen (secondary N) is 1. The molecule has 0 bridgehead atoms. The van der Waals surface area contributed by atoms with Crippen molar-refractivity contribution in [3.8, 4) is 5.75 Å². The summed E-state index contributed by atoms with van der Waals surface area (Å²) in [5.74, 6) is -0.307. The molecule has 1 aliphatic heterocycles. The first-order chi connectivity index (χ1) is 12.8. The van der Waals surface area contributed by atoms with Gasteiger partial charge in [-0.25, -0.2) is 0 Å². The summed E-state index contributed by atoms with van der Waals surface area (Å²) in [4.78, 5) is 26.6. The second kappa shape index (κ2) is 7.50. The molecular formula is C20H17ClN2O3S. The Morgan fingerprint density at radius 3 is 2.48 bits per heavy atom. The van der Waals surface area contributed by atoms with Crippen LogP contribution in [-0.4, -0.2) is 24.0 Å². The van der Waals surface area contributed by atoms with Crippen molar-refractivity contribution < 1.29 is 14.3 Å². The quantitative estimate of drug-likeness (QED) is 0.483. The van der Waals surface area contributed by atoms with E-state index < -0.39 is 11.8 Å². The molecule has 1 N–H and O–H groups in total. The van der Waals surface area contributed by atoms with Crippen molar-refractivity contribution in [1.29, 1.82) is 0 Å². The molecule has 1 aliphatic rings. The third kappa shape index (κ3) is 3.72. The van der Waals surface area contributed by atoms with Crippen LogP contribution in [0.3, 0.4) is 0 Å². The smallest absolute Gasteiger partial charge is 0.270 e. The maximum absolute atomic E-state index is 13.0. The number of anilines is 1. The van der Waals surface area contributed by atoms with Crippen LogP contribution < -0.4 is 15.0 Å². The van der Waals surface area contributed by atoms with Gasteiger partial charge >= 0.3 is 0 Å². The Morgan fingerprint density at radius 1 is 1.11 bits per heavy atom. The lowest BCUT2D eigenvalue weighted by molar-refractivity contribution is -0.122. The molecule has 0 aromatic heterocycles. The highest BCUT2D eigenvalue weighted by Gasteiger charge is 2.34. The summed E-state index contributed by atoms with van der Waals surface area (Å²) < 4.78 is 5.24. The molecule has 2 aromatic carbocycles. The van der Waals surface area contributed by atoms with Gasteiger partial charge in [0.05, 0.1) is 12.8 Å². The Morgan fingerprint density at radius 2 is 1.85 bits per heavy atom. The van der Waals surface area contributed by atoms with Gasteiger partial charge in [0.1, 0.15) is 11.3 Å². The van der Waals surface area contributed by atoms with Crippen molar-refractivity contribution in [2.24, 2.45) is 0 Å². The number of methoxy groups -OCH3 is 1. The highest BCUT2D eigenvalue weighted by atomic mass is 35.5. The third-order valence-corrected chi connectivity index (χ3v) is 4.94. The number of hydrogen-bond donors (Lipinski definition) is 1. The molecule has 7 heteroatoms. The van der Waals surface area contributed by atoms with E-state index in [9.17, 15) is 9.59 Å². The molecule has 0 radical (unpaired) electrons. The van der Waals surface area contributed by atoms with Gasteiger partial charge in [-0.15, -0.1) is 0 Å². The van der Waals surface area contributed by atoms with E-state index in [4.69, 9.17) is 28.6 Å². The Balaban J connectivity index is 2.01. The zero-order valence-electron chi connectivity index (χ0n) is 15.0. The lowest BCUT2D eigenvalue weighted by atomic mass is 10.0. The van der Waals surface area contributed by atoms with Crippen molar-refractivity contribution in [1.82, 2.24) is 5.32 Å². The monoisotopic (exact) mass is 400 g/mol. The van der Waals surface area contributed by atoms with E-state index in [0.29, 0.717) is 16.3 Å². The molecule has 138 valence electrons. The molecule has 3 rings (SSSR count). The van der Waals surface area contributed by atoms with Gasteiger partial charge in [-0.05, 0) is 73.1 Å². The summed E-state index contributed by atoms with van der Waals surface area (Å²) in [5, 5.41) is 3.09. The van der Waals surface area contributed by atoms with Gasteiger partial charge in [0.15, 0.2) is 5.11 Å². The van der Waals surface area contributed by atoms with E-state index in [-0.39, 0.29) is 10.7 Å². The number of amides is 2. The average Bonchev–Trinajstić information content (AvgIpc) is 2.61. The van der Waals surface area contributed by atoms with Crippen LogP contribution in [-0.2, 0) is 9.59 Å². The molecule has 0 unspecified atom stereocenters. The molecule has 5 nitrogen and oxygen atoms in total. The molecule has 0 aliphatic carbocycles. The number of carbonyl (C=O) groups is 2. The van der Waals surface area contributed by atoms with Crippen molar-refractivity contribution in [2.45, 2.75) is 13.8 Å². The first-order valence-corrected chi connectivity index (χ1v) is 8.92. The van der Waals surface area contributed by atoms with Crippen molar-refractivity contribution in [3.63, 3.8) is 0 Å². The minimum atomic E-state index is -0.534. The maximum atomic E-state index is 13.0. The second-order valence-corrected chi connectivity index (χ2v) is 6.91. The van der Waals surface area contributed by atoms with Crippen LogP contribution in [0.5, 0.6) is 5.75 Å². The van der Waals surface area contributed by atoms with Gasteiger partial charge in [0.2, 0.25) is 0 Å². The van der Waals surface area contributed by atoms with E-state index in [2.05, 4.69) is 5.32 Å². The molecule has 2 aromatic rings. The fraction of sp³-hybridized carbons (Fsp3) is 0.150. The van der Waals surface area contributed by atoms with Crippen LogP contribution in [0.4, 0.5) is 5.69 Å². The lowest BCUT2D eigenvalue weighted by Gasteiger charge is -2.29. The van der Waals surface area contributed by atoms with Gasteiger partial charge in [0.25, 0.3) is 11.8 Å². The third-order valence-electron chi connectivity index (χ3n) is 4.25. The zero-order valence-corrected chi connectivity index (χ0v) is 16.6. The summed E-state index contributed by atoms with van der Waals surface area (Å²) in [7, 11) is 1.59. The van der Waals surface area contributed by atoms with Crippen LogP contribution >= 0.6 is 23.8 Å². The number of nitrogens with zero attached hydrogens (tertiary/aromatic N) is 1. The summed E-state index contributed by atoms with van der Waals surface area (Å²) in [5.41, 5.74) is 2.97. The molecule has 1 fully saturated rings. The molecule has 0 spiro atoms. The van der Waals surface area contributed by atoms with Gasteiger partial charge < -0.3 is 4.74 Å². The fourth-order valence-corrected chi connectivity index (χ4v) is 3.23. The van der Waals surface area contributed by atoms with E-state index >= 15 is 0 Å². The lowest BCUT2D eigenvalue weighted by Crippen LogP contribution is -2.54. The molecule has 0 saturated carbocycles. The number of hydrogen-bond acceptors (Lipinski definition) is 4. The molecule has 0 atom stereocenters. The van der Waals surface area contributed by atoms with Gasteiger partial charge in [0, 0.05) is 5.02 Å². The Bertz CT molecular complexity index is 1000. The minimum absolute atomic E-state index is 0.00938. The fourth-order valence-electron chi connectivity index (χ4n) is 2.77. The van der Waals surface area contributed by atoms with E-state index in [0.717, 1.165) is 16.9 Å². The largest absolute Gasteiger partial charge is 0.496 e. The second-order valence-electron chi connectivity index (χ2n) is 6.12. The van der Waals surface area contributed by atoms with Crippen LogP contribution in [0.1, 0.15) is 16.7 Å². The van der Waals surface area contributed by atoms with E-state index in [1.54, 1.807) is 37.4 Å².